The van der Waals surface area contributed by atoms with Crippen molar-refractivity contribution in [1.29, 1.82) is 0 Å². The zero-order valence-electron chi connectivity index (χ0n) is 31.3. The average Bonchev–Trinajstić information content (AvgIpc) is 3.63. The fraction of sp³-hybridized carbons (Fsp3) is 0.415. The molecule has 2 aromatic carbocycles. The van der Waals surface area contributed by atoms with Crippen molar-refractivity contribution in [3.63, 3.8) is 0 Å². The van der Waals surface area contributed by atoms with Gasteiger partial charge in [-0.05, 0) is 62.4 Å². The zero-order chi connectivity index (χ0) is 39.3. The third kappa shape index (κ3) is 10.1. The number of hydrogen-bond acceptors (Lipinski definition) is 11. The highest BCUT2D eigenvalue weighted by Crippen LogP contribution is 2.32. The number of pyridine rings is 1. The van der Waals surface area contributed by atoms with E-state index in [1.807, 2.05) is 85.2 Å². The minimum absolute atomic E-state index is 0.0328. The Morgan fingerprint density at radius 2 is 1.64 bits per heavy atom. The molecule has 6 N–H and O–H groups in total. The van der Waals surface area contributed by atoms with E-state index in [4.69, 9.17) is 4.84 Å². The van der Waals surface area contributed by atoms with Crippen molar-refractivity contribution in [3.8, 4) is 11.8 Å². The van der Waals surface area contributed by atoms with Crippen LogP contribution >= 0.6 is 0 Å². The van der Waals surface area contributed by atoms with Gasteiger partial charge in [0.2, 0.25) is 23.6 Å². The molecule has 0 radical (unpaired) electrons. The molecule has 6 rings (SSSR count). The first-order valence-electron chi connectivity index (χ1n) is 18.6. The molecule has 0 bridgehead atoms. The topological polar surface area (TPSA) is 190 Å². The third-order valence-electron chi connectivity index (χ3n) is 9.95. The summed E-state index contributed by atoms with van der Waals surface area (Å²) in [5, 5.41) is 48.3. The molecule has 14 heteroatoms. The second-order valence-electron chi connectivity index (χ2n) is 15.5. The molecule has 14 nitrogen and oxygen atoms in total. The lowest BCUT2D eigenvalue weighted by molar-refractivity contribution is -0.132. The number of rotatable bonds is 13. The molecule has 0 unspecified atom stereocenters. The molecule has 3 heterocycles. The van der Waals surface area contributed by atoms with Crippen LogP contribution in [0.4, 0.5) is 0 Å². The predicted octanol–water partition coefficient (Wildman–Crippen LogP) is 2.35. The van der Waals surface area contributed by atoms with Gasteiger partial charge in [-0.1, -0.05) is 60.7 Å². The summed E-state index contributed by atoms with van der Waals surface area (Å²) in [6, 6.07) is 23.4. The number of amides is 2. The van der Waals surface area contributed by atoms with Gasteiger partial charge in [0.25, 0.3) is 0 Å². The van der Waals surface area contributed by atoms with Gasteiger partial charge in [-0.2, -0.15) is 0 Å². The summed E-state index contributed by atoms with van der Waals surface area (Å²) >= 11 is 0. The van der Waals surface area contributed by atoms with Crippen LogP contribution in [-0.4, -0.2) is 108 Å². The highest BCUT2D eigenvalue weighted by molar-refractivity contribution is 5.87. The number of aliphatic hydroxyl groups is 2. The fourth-order valence-electron chi connectivity index (χ4n) is 7.35. The standard InChI is InChI=1S/C41H50N6O8/c1-41(2,3)44-39(53)33-25-45(23-29-13-9-15-32(42-29)40(54)55-47-35(50)16-17-36(47)51)18-19-46(33)24-30(48)21-28(20-26-10-5-4-6-11-26)38(52)43-37-31-14-8-7-12-27(31)22-34(37)49/h4-17,28,30,33-34,37,48-51H,18-25H2,1-3H3,(H,43,52)(H,44,53)/t28-,30+,33+,34-,37+/m1/s1. The van der Waals surface area contributed by atoms with Crippen LogP contribution in [-0.2, 0) is 29.0 Å². The normalized spacial score (nSPS) is 20.0. The number of piperazine rings is 1. The lowest BCUT2D eigenvalue weighted by Gasteiger charge is -2.42. The maximum absolute atomic E-state index is 13.9. The smallest absolute Gasteiger partial charge is 0.382 e. The molecule has 292 valence electrons. The number of nitrogens with zero attached hydrogens (tertiary/aromatic N) is 4. The minimum atomic E-state index is -0.944. The van der Waals surface area contributed by atoms with Crippen molar-refractivity contribution in [2.75, 3.05) is 26.2 Å². The van der Waals surface area contributed by atoms with E-state index in [0.717, 1.165) is 16.7 Å². The Labute approximate surface area is 320 Å². The van der Waals surface area contributed by atoms with Crippen LogP contribution in [0, 0.1) is 5.92 Å². The van der Waals surface area contributed by atoms with Gasteiger partial charge in [0.05, 0.1) is 23.9 Å². The summed E-state index contributed by atoms with van der Waals surface area (Å²) in [4.78, 5) is 54.0. The van der Waals surface area contributed by atoms with E-state index in [1.54, 1.807) is 12.1 Å². The van der Waals surface area contributed by atoms with Crippen LogP contribution in [0.3, 0.4) is 0 Å². The number of β-amino-alcohol motifs (C(OH)–C–C–N with tert-alkyl or cyclic N) is 1. The fourth-order valence-corrected chi connectivity index (χ4v) is 7.35. The Hall–Kier alpha value is -5.28. The maximum Gasteiger partial charge on any atom is 0.382 e. The summed E-state index contributed by atoms with van der Waals surface area (Å²) in [6.45, 7) is 7.45. The average molecular weight is 755 g/mol. The van der Waals surface area contributed by atoms with E-state index in [1.165, 1.54) is 18.2 Å². The number of hydrogen-bond donors (Lipinski definition) is 6. The van der Waals surface area contributed by atoms with Gasteiger partial charge in [-0.15, -0.1) is 4.73 Å². The van der Waals surface area contributed by atoms with Crippen LogP contribution in [0.25, 0.3) is 0 Å². The predicted molar refractivity (Wildman–Crippen MR) is 203 cm³/mol. The second-order valence-corrected chi connectivity index (χ2v) is 15.5. The van der Waals surface area contributed by atoms with Crippen LogP contribution in [0.2, 0.25) is 0 Å². The van der Waals surface area contributed by atoms with Gasteiger partial charge >= 0.3 is 5.97 Å². The number of nitrogens with one attached hydrogen (secondary N) is 2. The van der Waals surface area contributed by atoms with E-state index < -0.39 is 53.5 Å². The first kappa shape index (κ1) is 39.4. The number of fused-ring (bicyclic) bond motifs is 1. The number of carbonyl (C=O) groups is 3. The summed E-state index contributed by atoms with van der Waals surface area (Å²) in [5.41, 5.74) is 2.85. The molecule has 2 amide bonds. The molecule has 1 aliphatic heterocycles. The van der Waals surface area contributed by atoms with Gasteiger partial charge in [0, 0.05) is 62.7 Å². The van der Waals surface area contributed by atoms with Crippen molar-refractivity contribution < 1.29 is 39.6 Å². The van der Waals surface area contributed by atoms with Gasteiger partial charge in [0.15, 0.2) is 5.69 Å². The molecule has 1 saturated heterocycles. The number of carbonyl (C=O) groups excluding carboxylic acids is 3. The molecule has 2 aromatic heterocycles. The van der Waals surface area contributed by atoms with Gasteiger partial charge in [-0.3, -0.25) is 19.4 Å². The second kappa shape index (κ2) is 17.0. The van der Waals surface area contributed by atoms with E-state index in [-0.39, 0.29) is 30.5 Å². The molecular formula is C41H50N6O8. The minimum Gasteiger partial charge on any atom is -0.492 e. The maximum atomic E-state index is 13.9. The van der Waals surface area contributed by atoms with E-state index in [2.05, 4.69) is 15.6 Å². The van der Waals surface area contributed by atoms with Crippen LogP contribution in [0.1, 0.15) is 66.1 Å². The molecule has 5 atom stereocenters. The highest BCUT2D eigenvalue weighted by Gasteiger charge is 2.37. The lowest BCUT2D eigenvalue weighted by atomic mass is 9.91. The monoisotopic (exact) mass is 754 g/mol. The first-order valence-corrected chi connectivity index (χ1v) is 18.6. The molecular weight excluding hydrogens is 704 g/mol. The quantitative estimate of drug-likeness (QED) is 0.118. The highest BCUT2D eigenvalue weighted by atomic mass is 16.7. The van der Waals surface area contributed by atoms with Crippen molar-refractivity contribution in [2.24, 2.45) is 5.92 Å². The van der Waals surface area contributed by atoms with Gasteiger partial charge in [-0.25, -0.2) is 9.78 Å². The number of benzene rings is 2. The molecule has 0 saturated carbocycles. The zero-order valence-corrected chi connectivity index (χ0v) is 31.3. The van der Waals surface area contributed by atoms with Gasteiger partial charge < -0.3 is 35.9 Å². The summed E-state index contributed by atoms with van der Waals surface area (Å²) in [7, 11) is 0. The Morgan fingerprint density at radius 3 is 2.36 bits per heavy atom. The molecule has 1 fully saturated rings. The SMILES string of the molecule is CC(C)(C)NC(=O)[C@@H]1CN(Cc2cccc(C(=O)On3c(O)ccc3O)n2)CCN1C[C@@H](O)C[C@@H](Cc1ccccc1)C(=O)N[C@H]1c2ccccc2C[C@H]1O. The van der Waals surface area contributed by atoms with Crippen LogP contribution in [0.5, 0.6) is 11.8 Å². The Balaban J connectivity index is 1.14. The van der Waals surface area contributed by atoms with Crippen LogP contribution < -0.4 is 15.5 Å². The van der Waals surface area contributed by atoms with E-state index >= 15 is 0 Å². The van der Waals surface area contributed by atoms with E-state index in [0.29, 0.717) is 49.4 Å². The molecule has 2 aliphatic rings. The Kier molecular flexibility index (Phi) is 12.2. The summed E-state index contributed by atoms with van der Waals surface area (Å²) in [5.74, 6) is -2.84. The first-order chi connectivity index (χ1) is 26.2. The number of aliphatic hydroxyl groups excluding tert-OH is 2. The Morgan fingerprint density at radius 1 is 0.927 bits per heavy atom. The van der Waals surface area contributed by atoms with Crippen molar-refractivity contribution >= 4 is 17.8 Å². The summed E-state index contributed by atoms with van der Waals surface area (Å²) in [6.07, 6.45) is -0.702. The van der Waals surface area contributed by atoms with Gasteiger partial charge in [0.1, 0.15) is 6.04 Å². The Bertz CT molecular complexity index is 1940. The molecule has 55 heavy (non-hydrogen) atoms. The number of aromatic hydroxyl groups is 2. The lowest BCUT2D eigenvalue weighted by Crippen LogP contribution is -2.62. The number of aromatic nitrogens is 2. The van der Waals surface area contributed by atoms with Crippen molar-refractivity contribution in [1.82, 2.24) is 30.1 Å². The van der Waals surface area contributed by atoms with Crippen LogP contribution in [0.15, 0.2) is 84.9 Å². The third-order valence-corrected chi connectivity index (χ3v) is 9.95. The summed E-state index contributed by atoms with van der Waals surface area (Å²) < 4.78 is 0.595. The van der Waals surface area contributed by atoms with Crippen molar-refractivity contribution in [2.45, 2.75) is 76.4 Å². The largest absolute Gasteiger partial charge is 0.492 e. The molecule has 4 aromatic rings. The van der Waals surface area contributed by atoms with E-state index in [9.17, 15) is 34.8 Å². The molecule has 1 aliphatic carbocycles. The van der Waals surface area contributed by atoms with Crippen molar-refractivity contribution in [3.05, 3.63) is 113 Å². The molecule has 0 spiro atoms.